The molecule has 0 spiro atoms. The average Bonchev–Trinajstić information content (AvgIpc) is 3.25. The second-order valence-corrected chi connectivity index (χ2v) is 6.73. The Balaban J connectivity index is 1.62. The number of thiazole rings is 1. The zero-order valence-corrected chi connectivity index (χ0v) is 17.2. The van der Waals surface area contributed by atoms with Crippen molar-refractivity contribution in [2.75, 3.05) is 21.3 Å². The predicted octanol–water partition coefficient (Wildman–Crippen LogP) is 3.56. The van der Waals surface area contributed by atoms with Crippen LogP contribution in [0.3, 0.4) is 0 Å². The van der Waals surface area contributed by atoms with E-state index >= 15 is 0 Å². The lowest BCUT2D eigenvalue weighted by Gasteiger charge is -2.12. The number of methoxy groups -OCH3 is 3. The van der Waals surface area contributed by atoms with Gasteiger partial charge >= 0.3 is 0 Å². The van der Waals surface area contributed by atoms with Gasteiger partial charge in [-0.05, 0) is 35.9 Å². The van der Waals surface area contributed by atoms with E-state index in [0.717, 1.165) is 22.0 Å². The molecule has 0 aliphatic heterocycles. The Morgan fingerprint density at radius 3 is 2.52 bits per heavy atom. The van der Waals surface area contributed by atoms with Gasteiger partial charge in [0.2, 0.25) is 11.7 Å². The van der Waals surface area contributed by atoms with Gasteiger partial charge in [0.15, 0.2) is 11.5 Å². The lowest BCUT2D eigenvalue weighted by atomic mass is 10.1. The van der Waals surface area contributed by atoms with Crippen LogP contribution in [0.4, 0.5) is 0 Å². The lowest BCUT2D eigenvalue weighted by molar-refractivity contribution is -0.116. The largest absolute Gasteiger partial charge is 0.493 e. The van der Waals surface area contributed by atoms with Crippen molar-refractivity contribution >= 4 is 23.3 Å². The molecule has 2 aromatic heterocycles. The van der Waals surface area contributed by atoms with Crippen LogP contribution in [0.15, 0.2) is 48.0 Å². The molecule has 0 atom stereocenters. The molecule has 0 unspecified atom stereocenters. The topological polar surface area (TPSA) is 82.6 Å². The lowest BCUT2D eigenvalue weighted by Crippen LogP contribution is -2.20. The highest BCUT2D eigenvalue weighted by atomic mass is 32.1. The number of carbonyl (C=O) groups excluding carboxylic acids is 1. The fourth-order valence-corrected chi connectivity index (χ4v) is 3.40. The van der Waals surface area contributed by atoms with Crippen molar-refractivity contribution in [3.8, 4) is 28.0 Å². The number of pyridine rings is 1. The van der Waals surface area contributed by atoms with Crippen molar-refractivity contribution in [1.29, 1.82) is 0 Å². The van der Waals surface area contributed by atoms with Crippen LogP contribution >= 0.6 is 11.3 Å². The van der Waals surface area contributed by atoms with Crippen molar-refractivity contribution in [2.24, 2.45) is 0 Å². The first-order chi connectivity index (χ1) is 14.1. The third kappa shape index (κ3) is 5.11. The van der Waals surface area contributed by atoms with Gasteiger partial charge in [-0.25, -0.2) is 4.98 Å². The van der Waals surface area contributed by atoms with E-state index in [-0.39, 0.29) is 5.91 Å². The molecule has 0 saturated carbocycles. The van der Waals surface area contributed by atoms with Crippen molar-refractivity contribution in [3.05, 3.63) is 59.2 Å². The molecule has 1 aromatic carbocycles. The van der Waals surface area contributed by atoms with E-state index < -0.39 is 0 Å². The van der Waals surface area contributed by atoms with Gasteiger partial charge < -0.3 is 19.5 Å². The number of hydrogen-bond acceptors (Lipinski definition) is 7. The molecule has 0 aliphatic rings. The van der Waals surface area contributed by atoms with E-state index in [0.29, 0.717) is 23.8 Å². The summed E-state index contributed by atoms with van der Waals surface area (Å²) in [5, 5.41) is 5.56. The summed E-state index contributed by atoms with van der Waals surface area (Å²) in [5.74, 6) is 1.32. The van der Waals surface area contributed by atoms with E-state index in [1.54, 1.807) is 45.7 Å². The minimum Gasteiger partial charge on any atom is -0.493 e. The Bertz CT molecular complexity index is 977. The molecule has 29 heavy (non-hydrogen) atoms. The zero-order valence-electron chi connectivity index (χ0n) is 16.3. The Morgan fingerprint density at radius 1 is 1.14 bits per heavy atom. The number of nitrogens with one attached hydrogen (secondary N) is 1. The summed E-state index contributed by atoms with van der Waals surface area (Å²) in [7, 11) is 4.64. The van der Waals surface area contributed by atoms with Crippen LogP contribution in [0.2, 0.25) is 0 Å². The van der Waals surface area contributed by atoms with Crippen LogP contribution in [0.25, 0.3) is 16.8 Å². The molecule has 0 saturated heterocycles. The Morgan fingerprint density at radius 2 is 1.90 bits per heavy atom. The molecule has 0 aliphatic carbocycles. The van der Waals surface area contributed by atoms with Gasteiger partial charge in [-0.3, -0.25) is 9.78 Å². The summed E-state index contributed by atoms with van der Waals surface area (Å²) in [5.41, 5.74) is 2.35. The van der Waals surface area contributed by atoms with E-state index in [2.05, 4.69) is 15.3 Å². The summed E-state index contributed by atoms with van der Waals surface area (Å²) >= 11 is 1.49. The maximum Gasteiger partial charge on any atom is 0.244 e. The van der Waals surface area contributed by atoms with Gasteiger partial charge in [0.1, 0.15) is 5.01 Å². The highest BCUT2D eigenvalue weighted by molar-refractivity contribution is 7.13. The molecule has 3 aromatic rings. The summed E-state index contributed by atoms with van der Waals surface area (Å²) in [6.45, 7) is 0.335. The van der Waals surface area contributed by atoms with Crippen LogP contribution in [0, 0.1) is 0 Å². The molecule has 7 nitrogen and oxygen atoms in total. The highest BCUT2D eigenvalue weighted by Crippen LogP contribution is 2.38. The first kappa shape index (κ1) is 20.3. The molecule has 1 N–H and O–H groups in total. The SMILES string of the molecule is COc1cc(/C=C/C(=O)NCc2csc(-c3ccccn3)n2)cc(OC)c1OC. The Kier molecular flexibility index (Phi) is 6.80. The van der Waals surface area contributed by atoms with E-state index in [9.17, 15) is 4.79 Å². The van der Waals surface area contributed by atoms with Crippen LogP contribution in [0.1, 0.15) is 11.3 Å². The van der Waals surface area contributed by atoms with E-state index in [4.69, 9.17) is 14.2 Å². The normalized spacial score (nSPS) is 10.7. The average molecular weight is 411 g/mol. The van der Waals surface area contributed by atoms with E-state index in [1.165, 1.54) is 17.4 Å². The number of amides is 1. The minimum absolute atomic E-state index is 0.230. The maximum absolute atomic E-state index is 12.2. The molecule has 2 heterocycles. The van der Waals surface area contributed by atoms with Crippen LogP contribution < -0.4 is 19.5 Å². The summed E-state index contributed by atoms with van der Waals surface area (Å²) in [6, 6.07) is 9.22. The summed E-state index contributed by atoms with van der Waals surface area (Å²) < 4.78 is 15.9. The van der Waals surface area contributed by atoms with Gasteiger partial charge in [-0.2, -0.15) is 0 Å². The number of ether oxygens (including phenoxy) is 3. The van der Waals surface area contributed by atoms with Crippen LogP contribution in [-0.4, -0.2) is 37.2 Å². The summed E-state index contributed by atoms with van der Waals surface area (Å²) in [4.78, 5) is 21.0. The van der Waals surface area contributed by atoms with Crippen LogP contribution in [0.5, 0.6) is 17.2 Å². The maximum atomic E-state index is 12.2. The van der Waals surface area contributed by atoms with Gasteiger partial charge in [0.25, 0.3) is 0 Å². The first-order valence-corrected chi connectivity index (χ1v) is 9.64. The molecular weight excluding hydrogens is 390 g/mol. The molecule has 0 bridgehead atoms. The number of carbonyl (C=O) groups is 1. The molecular formula is C21H21N3O4S. The number of rotatable bonds is 8. The molecule has 8 heteroatoms. The second-order valence-electron chi connectivity index (χ2n) is 5.87. The van der Waals surface area contributed by atoms with Crippen molar-refractivity contribution in [3.63, 3.8) is 0 Å². The monoisotopic (exact) mass is 411 g/mol. The van der Waals surface area contributed by atoms with Crippen molar-refractivity contribution in [2.45, 2.75) is 6.54 Å². The third-order valence-electron chi connectivity index (χ3n) is 3.99. The second kappa shape index (κ2) is 9.70. The van der Waals surface area contributed by atoms with E-state index in [1.807, 2.05) is 23.6 Å². The smallest absolute Gasteiger partial charge is 0.244 e. The van der Waals surface area contributed by atoms with Gasteiger partial charge in [0, 0.05) is 17.7 Å². The minimum atomic E-state index is -0.230. The summed E-state index contributed by atoms with van der Waals surface area (Å²) in [6.07, 6.45) is 4.86. The molecule has 0 radical (unpaired) electrons. The first-order valence-electron chi connectivity index (χ1n) is 8.76. The molecule has 0 fully saturated rings. The Labute approximate surface area is 173 Å². The number of hydrogen-bond donors (Lipinski definition) is 1. The molecule has 150 valence electrons. The fourth-order valence-electron chi connectivity index (χ4n) is 2.60. The van der Waals surface area contributed by atoms with Gasteiger partial charge in [0.05, 0.1) is 39.3 Å². The van der Waals surface area contributed by atoms with Crippen molar-refractivity contribution < 1.29 is 19.0 Å². The zero-order chi connectivity index (χ0) is 20.6. The fraction of sp³-hybridized carbons (Fsp3) is 0.190. The Hall–Kier alpha value is -3.39. The van der Waals surface area contributed by atoms with Crippen molar-refractivity contribution in [1.82, 2.24) is 15.3 Å². The quantitative estimate of drug-likeness (QED) is 0.571. The molecule has 1 amide bonds. The number of aromatic nitrogens is 2. The number of nitrogens with zero attached hydrogens (tertiary/aromatic N) is 2. The number of benzene rings is 1. The van der Waals surface area contributed by atoms with Gasteiger partial charge in [-0.1, -0.05) is 6.07 Å². The third-order valence-corrected chi connectivity index (χ3v) is 4.91. The van der Waals surface area contributed by atoms with Crippen LogP contribution in [-0.2, 0) is 11.3 Å². The predicted molar refractivity (Wildman–Crippen MR) is 112 cm³/mol. The standard InChI is InChI=1S/C21H21N3O4S/c1-26-17-10-14(11-18(27-2)20(17)28-3)7-8-19(25)23-12-15-13-29-21(24-15)16-6-4-5-9-22-16/h4-11,13H,12H2,1-3H3,(H,23,25)/b8-7+. The molecule has 3 rings (SSSR count). The van der Waals surface area contributed by atoms with Gasteiger partial charge in [-0.15, -0.1) is 11.3 Å². The highest BCUT2D eigenvalue weighted by Gasteiger charge is 2.12.